The fourth-order valence-electron chi connectivity index (χ4n) is 1.32. The first-order chi connectivity index (χ1) is 9.13. The largest absolute Gasteiger partial charge is 0.411 e. The Labute approximate surface area is 112 Å². The molecule has 0 bridgehead atoms. The Morgan fingerprint density at radius 3 is 2.50 bits per heavy atom. The van der Waals surface area contributed by atoms with Gasteiger partial charge in [0.2, 0.25) is 10.0 Å². The maximum Gasteiger partial charge on any atom is 0.411 e. The third kappa shape index (κ3) is 4.94. The molecular formula is C10H12F4N2O3S. The van der Waals surface area contributed by atoms with E-state index in [0.717, 1.165) is 6.07 Å². The third-order valence-corrected chi connectivity index (χ3v) is 3.62. The summed E-state index contributed by atoms with van der Waals surface area (Å²) in [6, 6.07) is 3.33. The SMILES string of the molecule is Nc1cccc(F)c1S(=O)(=O)NCCOCC(F)(F)F. The van der Waals surface area contributed by atoms with Gasteiger partial charge in [0.25, 0.3) is 0 Å². The smallest absolute Gasteiger partial charge is 0.398 e. The Bertz CT molecular complexity index is 540. The number of nitrogen functional groups attached to an aromatic ring is 1. The van der Waals surface area contributed by atoms with E-state index in [1.165, 1.54) is 12.1 Å². The van der Waals surface area contributed by atoms with Gasteiger partial charge < -0.3 is 10.5 Å². The molecule has 0 aliphatic rings. The van der Waals surface area contributed by atoms with Crippen LogP contribution in [0.15, 0.2) is 23.1 Å². The first-order valence-electron chi connectivity index (χ1n) is 5.31. The molecule has 3 N–H and O–H groups in total. The summed E-state index contributed by atoms with van der Waals surface area (Å²) in [6.45, 7) is -2.43. The van der Waals surface area contributed by atoms with Crippen LogP contribution in [0.5, 0.6) is 0 Å². The Hall–Kier alpha value is -1.39. The lowest BCUT2D eigenvalue weighted by molar-refractivity contribution is -0.173. The van der Waals surface area contributed by atoms with E-state index < -0.39 is 46.7 Å². The zero-order valence-electron chi connectivity index (χ0n) is 10.1. The molecule has 0 saturated carbocycles. The van der Waals surface area contributed by atoms with Crippen molar-refractivity contribution in [3.05, 3.63) is 24.0 Å². The second-order valence-electron chi connectivity index (χ2n) is 3.72. The van der Waals surface area contributed by atoms with Gasteiger partial charge in [0.05, 0.1) is 12.3 Å². The van der Waals surface area contributed by atoms with Crippen molar-refractivity contribution in [3.8, 4) is 0 Å². The second kappa shape index (κ2) is 6.37. The fraction of sp³-hybridized carbons (Fsp3) is 0.400. The average Bonchev–Trinajstić information content (AvgIpc) is 2.26. The van der Waals surface area contributed by atoms with E-state index in [1.807, 2.05) is 4.72 Å². The van der Waals surface area contributed by atoms with Gasteiger partial charge in [0.15, 0.2) is 0 Å². The van der Waals surface area contributed by atoms with Crippen molar-refractivity contribution in [1.82, 2.24) is 4.72 Å². The molecule has 0 saturated heterocycles. The molecule has 0 aromatic heterocycles. The molecule has 1 rings (SSSR count). The molecule has 0 unspecified atom stereocenters. The fourth-order valence-corrected chi connectivity index (χ4v) is 2.52. The number of ether oxygens (including phenoxy) is 1. The average molecular weight is 316 g/mol. The van der Waals surface area contributed by atoms with E-state index in [4.69, 9.17) is 5.73 Å². The van der Waals surface area contributed by atoms with Crippen molar-refractivity contribution in [2.75, 3.05) is 25.5 Å². The summed E-state index contributed by atoms with van der Waals surface area (Å²) in [5.74, 6) is -1.05. The Morgan fingerprint density at radius 1 is 1.30 bits per heavy atom. The number of alkyl halides is 3. The summed E-state index contributed by atoms with van der Waals surface area (Å²) in [7, 11) is -4.25. The Balaban J connectivity index is 2.59. The van der Waals surface area contributed by atoms with Crippen molar-refractivity contribution in [2.45, 2.75) is 11.1 Å². The predicted molar refractivity (Wildman–Crippen MR) is 62.9 cm³/mol. The number of hydrogen-bond acceptors (Lipinski definition) is 4. The molecule has 0 spiro atoms. The van der Waals surface area contributed by atoms with Crippen LogP contribution in [0.4, 0.5) is 23.2 Å². The van der Waals surface area contributed by atoms with Crippen molar-refractivity contribution >= 4 is 15.7 Å². The molecule has 0 radical (unpaired) electrons. The van der Waals surface area contributed by atoms with Gasteiger partial charge in [0.1, 0.15) is 17.3 Å². The van der Waals surface area contributed by atoms with Crippen LogP contribution in [0.25, 0.3) is 0 Å². The van der Waals surface area contributed by atoms with Gasteiger partial charge in [-0.1, -0.05) is 6.07 Å². The van der Waals surface area contributed by atoms with Gasteiger partial charge in [0, 0.05) is 6.54 Å². The zero-order chi connectivity index (χ0) is 15.4. The van der Waals surface area contributed by atoms with Crippen molar-refractivity contribution in [2.24, 2.45) is 0 Å². The van der Waals surface area contributed by atoms with Crippen LogP contribution in [0.3, 0.4) is 0 Å². The highest BCUT2D eigenvalue weighted by Crippen LogP contribution is 2.21. The summed E-state index contributed by atoms with van der Waals surface area (Å²) < 4.78 is 78.2. The molecular weight excluding hydrogens is 304 g/mol. The van der Waals surface area contributed by atoms with Crippen LogP contribution in [0, 0.1) is 5.82 Å². The molecule has 1 aromatic rings. The molecule has 1 aromatic carbocycles. The van der Waals surface area contributed by atoms with Gasteiger partial charge >= 0.3 is 6.18 Å². The molecule has 0 fully saturated rings. The lowest BCUT2D eigenvalue weighted by atomic mass is 10.3. The maximum atomic E-state index is 13.4. The van der Waals surface area contributed by atoms with Gasteiger partial charge in [-0.2, -0.15) is 13.2 Å². The molecule has 5 nitrogen and oxygen atoms in total. The number of nitrogens with two attached hydrogens (primary N) is 1. The summed E-state index contributed by atoms with van der Waals surface area (Å²) in [4.78, 5) is -0.740. The molecule has 0 amide bonds. The summed E-state index contributed by atoms with van der Waals surface area (Å²) >= 11 is 0. The van der Waals surface area contributed by atoms with Gasteiger partial charge in [-0.05, 0) is 12.1 Å². The molecule has 0 aliphatic heterocycles. The van der Waals surface area contributed by atoms with Gasteiger partial charge in [-0.15, -0.1) is 0 Å². The minimum atomic E-state index is -4.49. The monoisotopic (exact) mass is 316 g/mol. The lowest BCUT2D eigenvalue weighted by Crippen LogP contribution is -2.30. The molecule has 20 heavy (non-hydrogen) atoms. The van der Waals surface area contributed by atoms with Crippen LogP contribution in [-0.2, 0) is 14.8 Å². The van der Waals surface area contributed by atoms with E-state index in [-0.39, 0.29) is 5.69 Å². The topological polar surface area (TPSA) is 81.4 Å². The normalized spacial score (nSPS) is 12.6. The van der Waals surface area contributed by atoms with Crippen LogP contribution in [0.2, 0.25) is 0 Å². The van der Waals surface area contributed by atoms with Crippen LogP contribution < -0.4 is 10.5 Å². The number of rotatable bonds is 6. The summed E-state index contributed by atoms with van der Waals surface area (Å²) in [5, 5.41) is 0. The van der Waals surface area contributed by atoms with Crippen LogP contribution in [-0.4, -0.2) is 34.4 Å². The van der Waals surface area contributed by atoms with E-state index in [1.54, 1.807) is 0 Å². The molecule has 114 valence electrons. The van der Waals surface area contributed by atoms with E-state index in [9.17, 15) is 26.0 Å². The van der Waals surface area contributed by atoms with Gasteiger partial charge in [-0.3, -0.25) is 0 Å². The first kappa shape index (κ1) is 16.7. The predicted octanol–water partition coefficient (Wildman–Crippen LogP) is 1.27. The first-order valence-corrected chi connectivity index (χ1v) is 6.80. The quantitative estimate of drug-likeness (QED) is 0.470. The maximum absolute atomic E-state index is 13.4. The van der Waals surface area contributed by atoms with E-state index in [2.05, 4.69) is 4.74 Å². The van der Waals surface area contributed by atoms with E-state index in [0.29, 0.717) is 0 Å². The Kier molecular flexibility index (Phi) is 5.31. The summed E-state index contributed by atoms with van der Waals surface area (Å²) in [6.07, 6.45) is -4.49. The number of halogens is 4. The number of anilines is 1. The number of sulfonamides is 1. The highest BCUT2D eigenvalue weighted by Gasteiger charge is 2.27. The summed E-state index contributed by atoms with van der Waals surface area (Å²) in [5.41, 5.74) is 5.06. The molecule has 0 heterocycles. The zero-order valence-corrected chi connectivity index (χ0v) is 10.9. The van der Waals surface area contributed by atoms with E-state index >= 15 is 0 Å². The number of hydrogen-bond donors (Lipinski definition) is 2. The standard InChI is InChI=1S/C10H12F4N2O3S/c11-7-2-1-3-8(15)9(7)20(17,18)16-4-5-19-6-10(12,13)14/h1-3,16H,4-6,15H2. The van der Waals surface area contributed by atoms with Crippen LogP contribution >= 0.6 is 0 Å². The third-order valence-electron chi connectivity index (χ3n) is 2.07. The van der Waals surface area contributed by atoms with Crippen molar-refractivity contribution in [3.63, 3.8) is 0 Å². The van der Waals surface area contributed by atoms with Crippen molar-refractivity contribution in [1.29, 1.82) is 0 Å². The Morgan fingerprint density at radius 2 is 1.95 bits per heavy atom. The molecule has 0 atom stereocenters. The van der Waals surface area contributed by atoms with Crippen molar-refractivity contribution < 1.29 is 30.7 Å². The highest BCUT2D eigenvalue weighted by molar-refractivity contribution is 7.89. The number of benzene rings is 1. The number of nitrogens with one attached hydrogen (secondary N) is 1. The van der Waals surface area contributed by atoms with Crippen LogP contribution in [0.1, 0.15) is 0 Å². The molecule has 0 aliphatic carbocycles. The molecule has 10 heteroatoms. The second-order valence-corrected chi connectivity index (χ2v) is 5.43. The van der Waals surface area contributed by atoms with Gasteiger partial charge in [-0.25, -0.2) is 17.5 Å². The highest BCUT2D eigenvalue weighted by atomic mass is 32.2. The minimum Gasteiger partial charge on any atom is -0.398 e. The lowest BCUT2D eigenvalue weighted by Gasteiger charge is -2.11. The minimum absolute atomic E-state index is 0.297.